The maximum absolute atomic E-state index is 12.7. The van der Waals surface area contributed by atoms with E-state index in [1.165, 1.54) is 0 Å². The van der Waals surface area contributed by atoms with Gasteiger partial charge in [-0.1, -0.05) is 60.7 Å². The fourth-order valence-corrected chi connectivity index (χ4v) is 4.10. The Morgan fingerprint density at radius 1 is 0.781 bits per heavy atom. The van der Waals surface area contributed by atoms with Gasteiger partial charge in [0.2, 0.25) is 0 Å². The summed E-state index contributed by atoms with van der Waals surface area (Å²) >= 11 is 0. The molecule has 0 saturated heterocycles. The summed E-state index contributed by atoms with van der Waals surface area (Å²) in [6, 6.07) is 31.7. The van der Waals surface area contributed by atoms with Crippen molar-refractivity contribution in [1.29, 1.82) is 0 Å². The van der Waals surface area contributed by atoms with Crippen LogP contribution >= 0.6 is 0 Å². The molecule has 4 rings (SSSR count). The highest BCUT2D eigenvalue weighted by atomic mass is 32.2. The number of anilines is 2. The predicted octanol–water partition coefficient (Wildman–Crippen LogP) is 5.75. The molecule has 0 aliphatic heterocycles. The predicted molar refractivity (Wildman–Crippen MR) is 129 cm³/mol. The van der Waals surface area contributed by atoms with Crippen LogP contribution in [0.1, 0.15) is 10.4 Å². The minimum Gasteiger partial charge on any atom is -0.495 e. The molecule has 0 radical (unpaired) electrons. The van der Waals surface area contributed by atoms with Crippen LogP contribution < -0.4 is 14.8 Å². The molecule has 4 aromatic rings. The summed E-state index contributed by atoms with van der Waals surface area (Å²) in [4.78, 5) is 13.4. The van der Waals surface area contributed by atoms with E-state index in [0.717, 1.165) is 11.1 Å². The van der Waals surface area contributed by atoms with Crippen LogP contribution in [0.15, 0.2) is 108 Å². The maximum atomic E-state index is 12.7. The number of benzene rings is 4. The van der Waals surface area contributed by atoms with Crippen LogP contribution in [0.3, 0.4) is 0 Å². The summed E-state index contributed by atoms with van der Waals surface area (Å²) in [6.45, 7) is 0. The lowest BCUT2D eigenvalue weighted by atomic mass is 10.0. The van der Waals surface area contributed by atoms with Gasteiger partial charge in [-0.25, -0.2) is 4.21 Å². The number of carbonyl (C=O) groups is 1. The van der Waals surface area contributed by atoms with Crippen LogP contribution in [0.5, 0.6) is 5.75 Å². The molecular weight excluding hydrogens is 420 g/mol. The third-order valence-corrected chi connectivity index (χ3v) is 5.98. The normalized spacial score (nSPS) is 11.4. The number of rotatable bonds is 7. The highest BCUT2D eigenvalue weighted by molar-refractivity contribution is 7.86. The van der Waals surface area contributed by atoms with Crippen LogP contribution in [-0.2, 0) is 11.0 Å². The quantitative estimate of drug-likeness (QED) is 0.383. The summed E-state index contributed by atoms with van der Waals surface area (Å²) < 4.78 is 21.0. The minimum atomic E-state index is -1.47. The first kappa shape index (κ1) is 21.3. The van der Waals surface area contributed by atoms with Gasteiger partial charge in [-0.3, -0.25) is 9.52 Å². The van der Waals surface area contributed by atoms with Crippen LogP contribution in [0.2, 0.25) is 0 Å². The molecule has 0 fully saturated rings. The second-order valence-corrected chi connectivity index (χ2v) is 8.21. The molecule has 0 aromatic heterocycles. The fraction of sp³-hybridized carbons (Fsp3) is 0.0385. The molecule has 1 amide bonds. The zero-order valence-electron chi connectivity index (χ0n) is 17.4. The lowest BCUT2D eigenvalue weighted by Gasteiger charge is -2.13. The summed E-state index contributed by atoms with van der Waals surface area (Å²) in [5.74, 6) is 0.296. The van der Waals surface area contributed by atoms with Crippen molar-refractivity contribution >= 4 is 28.3 Å². The second kappa shape index (κ2) is 9.94. The standard InChI is InChI=1S/C26H22N2O3S/c1-31-25-17-16-22(18-24(25)28-32(30)23-10-6-3-7-11-23)27-26(29)21-14-12-20(13-15-21)19-8-4-2-5-9-19/h2-18,28H,1H3,(H,27,29). The fourth-order valence-electron chi connectivity index (χ4n) is 3.22. The topological polar surface area (TPSA) is 67.4 Å². The van der Waals surface area contributed by atoms with Crippen LogP contribution in [-0.4, -0.2) is 17.2 Å². The molecule has 4 aromatic carbocycles. The smallest absolute Gasteiger partial charge is 0.255 e. The van der Waals surface area contributed by atoms with E-state index in [2.05, 4.69) is 10.0 Å². The Labute approximate surface area is 189 Å². The summed E-state index contributed by atoms with van der Waals surface area (Å²) in [7, 11) is 0.0733. The summed E-state index contributed by atoms with van der Waals surface area (Å²) in [6.07, 6.45) is 0. The lowest BCUT2D eigenvalue weighted by molar-refractivity contribution is 0.102. The highest BCUT2D eigenvalue weighted by Gasteiger charge is 2.12. The maximum Gasteiger partial charge on any atom is 0.255 e. The Morgan fingerprint density at radius 2 is 1.41 bits per heavy atom. The summed E-state index contributed by atoms with van der Waals surface area (Å²) in [5, 5.41) is 2.89. The van der Waals surface area contributed by atoms with Crippen LogP contribution in [0.4, 0.5) is 11.4 Å². The molecule has 0 aliphatic rings. The largest absolute Gasteiger partial charge is 0.495 e. The van der Waals surface area contributed by atoms with Crippen molar-refractivity contribution in [2.24, 2.45) is 0 Å². The van der Waals surface area contributed by atoms with Crippen LogP contribution in [0.25, 0.3) is 11.1 Å². The molecule has 0 bridgehead atoms. The Hall–Kier alpha value is -3.90. The molecule has 5 nitrogen and oxygen atoms in total. The van der Waals surface area contributed by atoms with Gasteiger partial charge in [0.15, 0.2) is 0 Å². The van der Waals surface area contributed by atoms with E-state index < -0.39 is 11.0 Å². The Kier molecular flexibility index (Phi) is 6.63. The zero-order chi connectivity index (χ0) is 22.3. The van der Waals surface area contributed by atoms with E-state index in [1.54, 1.807) is 49.6 Å². The molecule has 0 saturated carbocycles. The Morgan fingerprint density at radius 3 is 2.06 bits per heavy atom. The third-order valence-electron chi connectivity index (χ3n) is 4.87. The van der Waals surface area contributed by atoms with Gasteiger partial charge < -0.3 is 10.1 Å². The van der Waals surface area contributed by atoms with E-state index in [0.29, 0.717) is 27.6 Å². The second-order valence-electron chi connectivity index (χ2n) is 7.00. The van der Waals surface area contributed by atoms with Crippen molar-refractivity contribution in [3.63, 3.8) is 0 Å². The average molecular weight is 443 g/mol. The molecule has 1 unspecified atom stereocenters. The van der Waals surface area contributed by atoms with Gasteiger partial charge >= 0.3 is 0 Å². The van der Waals surface area contributed by atoms with Gasteiger partial charge in [0.05, 0.1) is 17.7 Å². The number of hydrogen-bond acceptors (Lipinski definition) is 3. The van der Waals surface area contributed by atoms with E-state index in [-0.39, 0.29) is 5.91 Å². The molecule has 32 heavy (non-hydrogen) atoms. The molecule has 0 aliphatic carbocycles. The van der Waals surface area contributed by atoms with Crippen molar-refractivity contribution < 1.29 is 13.7 Å². The van der Waals surface area contributed by atoms with Gasteiger partial charge in [0.1, 0.15) is 16.7 Å². The first-order chi connectivity index (χ1) is 15.6. The minimum absolute atomic E-state index is 0.232. The first-order valence-electron chi connectivity index (χ1n) is 10.0. The number of ether oxygens (including phenoxy) is 1. The number of amides is 1. The number of hydrogen-bond donors (Lipinski definition) is 2. The van der Waals surface area contributed by atoms with Gasteiger partial charge in [-0.15, -0.1) is 0 Å². The lowest BCUT2D eigenvalue weighted by Crippen LogP contribution is -2.12. The van der Waals surface area contributed by atoms with Crippen molar-refractivity contribution in [2.75, 3.05) is 17.1 Å². The molecular formula is C26H22N2O3S. The van der Waals surface area contributed by atoms with Crippen molar-refractivity contribution in [1.82, 2.24) is 0 Å². The number of nitrogens with one attached hydrogen (secondary N) is 2. The van der Waals surface area contributed by atoms with Crippen molar-refractivity contribution in [3.8, 4) is 16.9 Å². The summed E-state index contributed by atoms with van der Waals surface area (Å²) in [5.41, 5.74) is 3.77. The Bertz CT molecular complexity index is 1230. The first-order valence-corrected chi connectivity index (χ1v) is 11.2. The number of carbonyl (C=O) groups excluding carboxylic acids is 1. The molecule has 0 heterocycles. The van der Waals surface area contributed by atoms with Crippen LogP contribution in [0, 0.1) is 0 Å². The molecule has 1 atom stereocenters. The van der Waals surface area contributed by atoms with E-state index in [1.807, 2.05) is 60.7 Å². The van der Waals surface area contributed by atoms with Gasteiger partial charge in [0, 0.05) is 11.3 Å². The zero-order valence-corrected chi connectivity index (χ0v) is 18.3. The van der Waals surface area contributed by atoms with Crippen molar-refractivity contribution in [2.45, 2.75) is 4.90 Å². The molecule has 0 spiro atoms. The average Bonchev–Trinajstić information content (AvgIpc) is 2.85. The SMILES string of the molecule is COc1ccc(NC(=O)c2ccc(-c3ccccc3)cc2)cc1NS(=O)c1ccccc1. The monoisotopic (exact) mass is 442 g/mol. The molecule has 2 N–H and O–H groups in total. The molecule has 160 valence electrons. The van der Waals surface area contributed by atoms with E-state index >= 15 is 0 Å². The van der Waals surface area contributed by atoms with Gasteiger partial charge in [-0.05, 0) is 53.6 Å². The Balaban J connectivity index is 1.49. The van der Waals surface area contributed by atoms with E-state index in [9.17, 15) is 9.00 Å². The van der Waals surface area contributed by atoms with Gasteiger partial charge in [-0.2, -0.15) is 0 Å². The number of methoxy groups -OCH3 is 1. The van der Waals surface area contributed by atoms with Crippen molar-refractivity contribution in [3.05, 3.63) is 109 Å². The highest BCUT2D eigenvalue weighted by Crippen LogP contribution is 2.29. The van der Waals surface area contributed by atoms with Gasteiger partial charge in [0.25, 0.3) is 5.91 Å². The van der Waals surface area contributed by atoms with E-state index in [4.69, 9.17) is 4.74 Å². The molecule has 6 heteroatoms. The third kappa shape index (κ3) is 5.04.